The van der Waals surface area contributed by atoms with Crippen molar-refractivity contribution in [3.8, 4) is 0 Å². The molecule has 2 fully saturated rings. The van der Waals surface area contributed by atoms with Gasteiger partial charge in [0, 0.05) is 25.1 Å². The molecule has 1 heterocycles. The first-order valence-electron chi connectivity index (χ1n) is 6.20. The molecule has 1 aliphatic heterocycles. The molecule has 0 aromatic carbocycles. The van der Waals surface area contributed by atoms with E-state index in [0.29, 0.717) is 5.38 Å². The second kappa shape index (κ2) is 5.51. The van der Waals surface area contributed by atoms with Crippen molar-refractivity contribution in [2.75, 3.05) is 26.8 Å². The van der Waals surface area contributed by atoms with Gasteiger partial charge in [0.2, 0.25) is 0 Å². The fraction of sp³-hybridized carbons (Fsp3) is 1.00. The van der Waals surface area contributed by atoms with Crippen LogP contribution < -0.4 is 0 Å². The summed E-state index contributed by atoms with van der Waals surface area (Å²) in [6.45, 7) is 3.11. The van der Waals surface area contributed by atoms with Gasteiger partial charge < -0.3 is 4.74 Å². The zero-order valence-electron chi connectivity index (χ0n) is 9.62. The van der Waals surface area contributed by atoms with Crippen molar-refractivity contribution in [3.63, 3.8) is 0 Å². The van der Waals surface area contributed by atoms with Crippen LogP contribution in [0.5, 0.6) is 0 Å². The summed E-state index contributed by atoms with van der Waals surface area (Å²) in [6, 6.07) is 0.741. The van der Waals surface area contributed by atoms with Gasteiger partial charge in [-0.25, -0.2) is 0 Å². The van der Waals surface area contributed by atoms with Crippen LogP contribution in [0.1, 0.15) is 32.1 Å². The van der Waals surface area contributed by atoms with Crippen LogP contribution >= 0.6 is 11.6 Å². The van der Waals surface area contributed by atoms with Gasteiger partial charge in [0.1, 0.15) is 0 Å². The maximum atomic E-state index is 6.43. The molecule has 3 heteroatoms. The van der Waals surface area contributed by atoms with Crippen molar-refractivity contribution in [2.24, 2.45) is 5.92 Å². The van der Waals surface area contributed by atoms with Crippen molar-refractivity contribution >= 4 is 11.6 Å². The van der Waals surface area contributed by atoms with E-state index in [0.717, 1.165) is 31.5 Å². The van der Waals surface area contributed by atoms with Crippen molar-refractivity contribution in [3.05, 3.63) is 0 Å². The number of alkyl halides is 1. The average molecular weight is 232 g/mol. The molecule has 15 heavy (non-hydrogen) atoms. The molecular weight excluding hydrogens is 210 g/mol. The quantitative estimate of drug-likeness (QED) is 0.693. The molecule has 0 bridgehead atoms. The Labute approximate surface area is 97.9 Å². The molecule has 0 amide bonds. The van der Waals surface area contributed by atoms with Crippen LogP contribution in [0.4, 0.5) is 0 Å². The molecule has 0 spiro atoms. The predicted octanol–water partition coefficient (Wildman–Crippen LogP) is 2.50. The SMILES string of the molecule is COCCN1CCC(Cl)C2CCCCC21. The van der Waals surface area contributed by atoms with Gasteiger partial charge in [-0.1, -0.05) is 12.8 Å². The summed E-state index contributed by atoms with van der Waals surface area (Å²) in [5, 5.41) is 0.425. The molecular formula is C12H22ClNO. The smallest absolute Gasteiger partial charge is 0.0589 e. The Kier molecular flexibility index (Phi) is 4.30. The van der Waals surface area contributed by atoms with Crippen LogP contribution in [-0.4, -0.2) is 43.1 Å². The lowest BCUT2D eigenvalue weighted by Gasteiger charge is -2.46. The molecule has 0 N–H and O–H groups in total. The van der Waals surface area contributed by atoms with Crippen LogP contribution in [0.2, 0.25) is 0 Å². The summed E-state index contributed by atoms with van der Waals surface area (Å²) < 4.78 is 5.18. The first kappa shape index (κ1) is 11.7. The van der Waals surface area contributed by atoms with Gasteiger partial charge in [-0.3, -0.25) is 4.90 Å². The maximum Gasteiger partial charge on any atom is 0.0589 e. The second-order valence-electron chi connectivity index (χ2n) is 4.85. The van der Waals surface area contributed by atoms with Gasteiger partial charge in [0.25, 0.3) is 0 Å². The number of nitrogens with zero attached hydrogens (tertiary/aromatic N) is 1. The minimum absolute atomic E-state index is 0.425. The van der Waals surface area contributed by atoms with Crippen LogP contribution in [-0.2, 0) is 4.74 Å². The minimum atomic E-state index is 0.425. The number of hydrogen-bond donors (Lipinski definition) is 0. The molecule has 0 aromatic rings. The highest BCUT2D eigenvalue weighted by molar-refractivity contribution is 6.20. The molecule has 1 saturated heterocycles. The van der Waals surface area contributed by atoms with E-state index < -0.39 is 0 Å². The highest BCUT2D eigenvalue weighted by atomic mass is 35.5. The topological polar surface area (TPSA) is 12.5 Å². The normalized spacial score (nSPS) is 37.6. The summed E-state index contributed by atoms with van der Waals surface area (Å²) in [7, 11) is 1.78. The predicted molar refractivity (Wildman–Crippen MR) is 63.5 cm³/mol. The van der Waals surface area contributed by atoms with Crippen LogP contribution in [0.25, 0.3) is 0 Å². The summed E-state index contributed by atoms with van der Waals surface area (Å²) >= 11 is 6.43. The largest absolute Gasteiger partial charge is 0.383 e. The Bertz CT molecular complexity index is 198. The monoisotopic (exact) mass is 231 g/mol. The number of methoxy groups -OCH3 is 1. The summed E-state index contributed by atoms with van der Waals surface area (Å²) in [6.07, 6.45) is 6.60. The average Bonchev–Trinajstić information content (AvgIpc) is 2.29. The third-order valence-electron chi connectivity index (χ3n) is 3.99. The lowest BCUT2D eigenvalue weighted by molar-refractivity contribution is 0.0416. The lowest BCUT2D eigenvalue weighted by atomic mass is 9.78. The summed E-state index contributed by atoms with van der Waals surface area (Å²) in [5.74, 6) is 0.742. The zero-order valence-corrected chi connectivity index (χ0v) is 10.4. The fourth-order valence-electron chi connectivity index (χ4n) is 3.17. The van der Waals surface area contributed by atoms with E-state index >= 15 is 0 Å². The standard InChI is InChI=1S/C12H22ClNO/c1-15-9-8-14-7-6-11(13)10-4-2-3-5-12(10)14/h10-12H,2-9H2,1H3. The Morgan fingerprint density at radius 3 is 2.87 bits per heavy atom. The highest BCUT2D eigenvalue weighted by Gasteiger charge is 2.37. The molecule has 2 rings (SSSR count). The van der Waals surface area contributed by atoms with E-state index in [1.807, 2.05) is 0 Å². The van der Waals surface area contributed by atoms with E-state index in [2.05, 4.69) is 4.90 Å². The number of halogens is 1. The van der Waals surface area contributed by atoms with Crippen molar-refractivity contribution in [1.82, 2.24) is 4.90 Å². The Hall–Kier alpha value is 0.210. The number of rotatable bonds is 3. The van der Waals surface area contributed by atoms with Gasteiger partial charge in [-0.2, -0.15) is 0 Å². The highest BCUT2D eigenvalue weighted by Crippen LogP contribution is 2.37. The molecule has 0 radical (unpaired) electrons. The number of ether oxygens (including phenoxy) is 1. The second-order valence-corrected chi connectivity index (χ2v) is 5.41. The third-order valence-corrected chi connectivity index (χ3v) is 4.53. The summed E-state index contributed by atoms with van der Waals surface area (Å²) in [4.78, 5) is 2.60. The van der Waals surface area contributed by atoms with E-state index in [4.69, 9.17) is 16.3 Å². The van der Waals surface area contributed by atoms with Crippen LogP contribution in [0.15, 0.2) is 0 Å². The molecule has 0 aromatic heterocycles. The fourth-order valence-corrected chi connectivity index (χ4v) is 3.56. The number of likely N-dealkylation sites (tertiary alicyclic amines) is 1. The molecule has 2 aliphatic rings. The van der Waals surface area contributed by atoms with Crippen LogP contribution in [0, 0.1) is 5.92 Å². The van der Waals surface area contributed by atoms with Crippen molar-refractivity contribution < 1.29 is 4.74 Å². The van der Waals surface area contributed by atoms with Gasteiger partial charge in [-0.05, 0) is 31.7 Å². The van der Waals surface area contributed by atoms with Gasteiger partial charge in [-0.15, -0.1) is 11.6 Å². The first-order valence-corrected chi connectivity index (χ1v) is 6.63. The summed E-state index contributed by atoms with van der Waals surface area (Å²) in [5.41, 5.74) is 0. The minimum Gasteiger partial charge on any atom is -0.383 e. The molecule has 3 unspecified atom stereocenters. The molecule has 3 atom stereocenters. The number of piperidine rings is 1. The molecule has 88 valence electrons. The number of fused-ring (bicyclic) bond motifs is 1. The van der Waals surface area contributed by atoms with Crippen molar-refractivity contribution in [2.45, 2.75) is 43.5 Å². The van der Waals surface area contributed by atoms with E-state index in [-0.39, 0.29) is 0 Å². The van der Waals surface area contributed by atoms with Gasteiger partial charge in [0.05, 0.1) is 6.61 Å². The zero-order chi connectivity index (χ0) is 10.7. The molecule has 1 saturated carbocycles. The Morgan fingerprint density at radius 2 is 2.07 bits per heavy atom. The van der Waals surface area contributed by atoms with Gasteiger partial charge >= 0.3 is 0 Å². The van der Waals surface area contributed by atoms with E-state index in [9.17, 15) is 0 Å². The third kappa shape index (κ3) is 2.66. The van der Waals surface area contributed by atoms with Crippen molar-refractivity contribution in [1.29, 1.82) is 0 Å². The lowest BCUT2D eigenvalue weighted by Crippen LogP contribution is -2.51. The molecule has 2 nitrogen and oxygen atoms in total. The van der Waals surface area contributed by atoms with E-state index in [1.54, 1.807) is 7.11 Å². The Balaban J connectivity index is 1.94. The first-order chi connectivity index (χ1) is 7.33. The van der Waals surface area contributed by atoms with E-state index in [1.165, 1.54) is 32.2 Å². The van der Waals surface area contributed by atoms with Gasteiger partial charge in [0.15, 0.2) is 0 Å². The Morgan fingerprint density at radius 1 is 1.27 bits per heavy atom. The van der Waals surface area contributed by atoms with Crippen LogP contribution in [0.3, 0.4) is 0 Å². The molecule has 1 aliphatic carbocycles. The number of hydrogen-bond acceptors (Lipinski definition) is 2. The maximum absolute atomic E-state index is 6.43.